The van der Waals surface area contributed by atoms with Gasteiger partial charge in [0.2, 0.25) is 15.9 Å². The van der Waals surface area contributed by atoms with Crippen molar-refractivity contribution in [3.8, 4) is 0 Å². The predicted molar refractivity (Wildman–Crippen MR) is 104 cm³/mol. The minimum absolute atomic E-state index is 0.0761. The molecule has 0 saturated carbocycles. The molecule has 0 radical (unpaired) electrons. The quantitative estimate of drug-likeness (QED) is 0.344. The third-order valence-corrected chi connectivity index (χ3v) is 6.40. The van der Waals surface area contributed by atoms with E-state index in [2.05, 4.69) is 5.32 Å². The van der Waals surface area contributed by atoms with Gasteiger partial charge in [-0.25, -0.2) is 8.42 Å². The van der Waals surface area contributed by atoms with Gasteiger partial charge in [-0.1, -0.05) is 0 Å². The number of nitro benzene ring substituents is 1. The Kier molecular flexibility index (Phi) is 7.72. The summed E-state index contributed by atoms with van der Waals surface area (Å²) in [5.41, 5.74) is -0.0523. The van der Waals surface area contributed by atoms with Crippen LogP contribution in [0.15, 0.2) is 23.1 Å². The summed E-state index contributed by atoms with van der Waals surface area (Å²) in [5, 5.41) is 13.9. The lowest BCUT2D eigenvalue weighted by atomic mass is 10.2. The first-order valence-electron chi connectivity index (χ1n) is 9.02. The van der Waals surface area contributed by atoms with Crippen LogP contribution in [0.5, 0.6) is 0 Å². The molecule has 10 nitrogen and oxygen atoms in total. The Morgan fingerprint density at radius 3 is 2.64 bits per heavy atom. The Bertz CT molecular complexity index is 808. The molecule has 1 heterocycles. The van der Waals surface area contributed by atoms with E-state index < -0.39 is 14.9 Å². The SMILES string of the molecule is COCCCNC(=O)CN(C)c1ccc([N+](=O)[O-])cc1S(=O)(=O)N1CCCC1. The van der Waals surface area contributed by atoms with Gasteiger partial charge in [-0.2, -0.15) is 4.31 Å². The van der Waals surface area contributed by atoms with E-state index in [1.807, 2.05) is 0 Å². The van der Waals surface area contributed by atoms with Crippen molar-refractivity contribution in [2.75, 3.05) is 51.8 Å². The fourth-order valence-corrected chi connectivity index (χ4v) is 4.78. The van der Waals surface area contributed by atoms with Crippen molar-refractivity contribution in [2.45, 2.75) is 24.2 Å². The molecule has 1 saturated heterocycles. The van der Waals surface area contributed by atoms with Gasteiger partial charge >= 0.3 is 0 Å². The second-order valence-electron chi connectivity index (χ2n) is 6.57. The van der Waals surface area contributed by atoms with Crippen LogP contribution in [-0.2, 0) is 19.6 Å². The first kappa shape index (κ1) is 22.1. The number of amides is 1. The number of nitrogens with zero attached hydrogens (tertiary/aromatic N) is 3. The Morgan fingerprint density at radius 2 is 2.04 bits per heavy atom. The average molecular weight is 414 g/mol. The lowest BCUT2D eigenvalue weighted by molar-refractivity contribution is -0.385. The molecule has 0 aliphatic carbocycles. The van der Waals surface area contributed by atoms with Crippen LogP contribution >= 0.6 is 0 Å². The first-order valence-corrected chi connectivity index (χ1v) is 10.5. The number of non-ortho nitro benzene ring substituents is 1. The van der Waals surface area contributed by atoms with Crippen LogP contribution in [-0.4, -0.2) is 70.5 Å². The molecular formula is C17H26N4O6S. The van der Waals surface area contributed by atoms with Gasteiger partial charge in [0.15, 0.2) is 0 Å². The smallest absolute Gasteiger partial charge is 0.270 e. The molecule has 0 aromatic heterocycles. The maximum atomic E-state index is 13.0. The van der Waals surface area contributed by atoms with Gasteiger partial charge in [0.25, 0.3) is 5.69 Å². The number of ether oxygens (including phenoxy) is 1. The van der Waals surface area contributed by atoms with Crippen LogP contribution in [0.4, 0.5) is 11.4 Å². The van der Waals surface area contributed by atoms with Gasteiger partial charge in [0, 0.05) is 52.5 Å². The van der Waals surface area contributed by atoms with E-state index in [4.69, 9.17) is 4.74 Å². The van der Waals surface area contributed by atoms with Crippen molar-refractivity contribution in [1.29, 1.82) is 0 Å². The zero-order valence-corrected chi connectivity index (χ0v) is 16.9. The molecule has 1 aliphatic rings. The second kappa shape index (κ2) is 9.80. The molecule has 1 fully saturated rings. The van der Waals surface area contributed by atoms with Gasteiger partial charge < -0.3 is 15.0 Å². The average Bonchev–Trinajstić information content (AvgIpc) is 3.20. The Hall–Kier alpha value is -2.24. The first-order chi connectivity index (χ1) is 13.3. The number of methoxy groups -OCH3 is 1. The molecule has 156 valence electrons. The van der Waals surface area contributed by atoms with Gasteiger partial charge in [0.05, 0.1) is 17.2 Å². The van der Waals surface area contributed by atoms with Crippen LogP contribution in [0.3, 0.4) is 0 Å². The van der Waals surface area contributed by atoms with E-state index >= 15 is 0 Å². The van der Waals surface area contributed by atoms with Gasteiger partial charge in [0.1, 0.15) is 4.90 Å². The van der Waals surface area contributed by atoms with Gasteiger partial charge in [-0.3, -0.25) is 14.9 Å². The molecule has 11 heteroatoms. The number of nitro groups is 1. The number of sulfonamides is 1. The summed E-state index contributed by atoms with van der Waals surface area (Å²) in [7, 11) is -0.733. The third-order valence-electron chi connectivity index (χ3n) is 4.48. The molecule has 1 aromatic rings. The van der Waals surface area contributed by atoms with Crippen LogP contribution < -0.4 is 10.2 Å². The Labute approximate surface area is 164 Å². The van der Waals surface area contributed by atoms with Crippen LogP contribution in [0.2, 0.25) is 0 Å². The number of benzene rings is 1. The van der Waals surface area contributed by atoms with Gasteiger partial charge in [-0.05, 0) is 25.3 Å². The van der Waals surface area contributed by atoms with Crippen LogP contribution in [0, 0.1) is 10.1 Å². The summed E-state index contributed by atoms with van der Waals surface area (Å²) in [6, 6.07) is 3.68. The van der Waals surface area contributed by atoms with Crippen molar-refractivity contribution < 1.29 is 22.9 Å². The number of nitrogens with one attached hydrogen (secondary N) is 1. The molecule has 1 aromatic carbocycles. The molecule has 0 atom stereocenters. The lowest BCUT2D eigenvalue weighted by Gasteiger charge is -2.24. The highest BCUT2D eigenvalue weighted by molar-refractivity contribution is 7.89. The monoisotopic (exact) mass is 414 g/mol. The van der Waals surface area contributed by atoms with E-state index in [0.29, 0.717) is 32.7 Å². The highest BCUT2D eigenvalue weighted by Gasteiger charge is 2.32. The molecule has 0 bridgehead atoms. The summed E-state index contributed by atoms with van der Waals surface area (Å²) in [6.07, 6.45) is 2.17. The van der Waals surface area contributed by atoms with E-state index in [-0.39, 0.29) is 28.7 Å². The number of carbonyl (C=O) groups is 1. The van der Waals surface area contributed by atoms with E-state index in [0.717, 1.165) is 18.9 Å². The van der Waals surface area contributed by atoms with E-state index in [9.17, 15) is 23.3 Å². The van der Waals surface area contributed by atoms with Crippen molar-refractivity contribution in [3.63, 3.8) is 0 Å². The summed E-state index contributed by atoms with van der Waals surface area (Å²) in [5.74, 6) is -0.276. The fourth-order valence-electron chi connectivity index (χ4n) is 3.01. The third kappa shape index (κ3) is 5.40. The summed E-state index contributed by atoms with van der Waals surface area (Å²) in [6.45, 7) is 1.66. The van der Waals surface area contributed by atoms with Crippen molar-refractivity contribution >= 4 is 27.3 Å². The standard InChI is InChI=1S/C17H26N4O6S/c1-19(13-17(22)18-8-5-11-27-2)15-7-6-14(21(23)24)12-16(15)28(25,26)20-9-3-4-10-20/h6-7,12H,3-5,8-11,13H2,1-2H3,(H,18,22). The molecule has 0 spiro atoms. The maximum absolute atomic E-state index is 13.0. The minimum atomic E-state index is -3.89. The molecular weight excluding hydrogens is 388 g/mol. The molecule has 2 rings (SSSR count). The lowest BCUT2D eigenvalue weighted by Crippen LogP contribution is -2.37. The molecule has 0 unspecified atom stereocenters. The minimum Gasteiger partial charge on any atom is -0.385 e. The number of carbonyl (C=O) groups excluding carboxylic acids is 1. The second-order valence-corrected chi connectivity index (χ2v) is 8.48. The van der Waals surface area contributed by atoms with Gasteiger partial charge in [-0.15, -0.1) is 0 Å². The summed E-state index contributed by atoms with van der Waals surface area (Å²) >= 11 is 0. The summed E-state index contributed by atoms with van der Waals surface area (Å²) < 4.78 is 32.3. The zero-order chi connectivity index (χ0) is 20.7. The number of anilines is 1. The van der Waals surface area contributed by atoms with Crippen molar-refractivity contribution in [1.82, 2.24) is 9.62 Å². The Balaban J connectivity index is 2.25. The number of hydrogen-bond acceptors (Lipinski definition) is 7. The Morgan fingerprint density at radius 1 is 1.36 bits per heavy atom. The van der Waals surface area contributed by atoms with Crippen molar-refractivity contribution in [2.24, 2.45) is 0 Å². The number of likely N-dealkylation sites (N-methyl/N-ethyl adjacent to an activating group) is 1. The van der Waals surface area contributed by atoms with E-state index in [1.165, 1.54) is 21.3 Å². The van der Waals surface area contributed by atoms with E-state index in [1.54, 1.807) is 14.2 Å². The maximum Gasteiger partial charge on any atom is 0.270 e. The predicted octanol–water partition coefficient (Wildman–Crippen LogP) is 0.968. The largest absolute Gasteiger partial charge is 0.385 e. The topological polar surface area (TPSA) is 122 Å². The molecule has 1 N–H and O–H groups in total. The highest BCUT2D eigenvalue weighted by atomic mass is 32.2. The highest BCUT2D eigenvalue weighted by Crippen LogP contribution is 2.32. The molecule has 1 aliphatic heterocycles. The van der Waals surface area contributed by atoms with Crippen LogP contribution in [0.1, 0.15) is 19.3 Å². The summed E-state index contributed by atoms with van der Waals surface area (Å²) in [4.78, 5) is 24.0. The normalized spacial score (nSPS) is 14.8. The number of rotatable bonds is 10. The van der Waals surface area contributed by atoms with Crippen LogP contribution in [0.25, 0.3) is 0 Å². The zero-order valence-electron chi connectivity index (χ0n) is 16.1. The van der Waals surface area contributed by atoms with Crippen molar-refractivity contribution in [3.05, 3.63) is 28.3 Å². The number of hydrogen-bond donors (Lipinski definition) is 1. The molecule has 28 heavy (non-hydrogen) atoms. The molecule has 1 amide bonds. The fraction of sp³-hybridized carbons (Fsp3) is 0.588.